The lowest BCUT2D eigenvalue weighted by atomic mass is 9.93. The maximum atomic E-state index is 14.7. The fraction of sp³-hybridized carbons (Fsp3) is 0.412. The molecule has 0 unspecified atom stereocenters. The van der Waals surface area contributed by atoms with E-state index in [4.69, 9.17) is 24.2 Å². The number of ketones is 1. The molecule has 4 heterocycles. The Bertz CT molecular complexity index is 1670. The van der Waals surface area contributed by atoms with E-state index >= 15 is 0 Å². The highest BCUT2D eigenvalue weighted by molar-refractivity contribution is 5.99. The van der Waals surface area contributed by atoms with Crippen LogP contribution in [0.2, 0.25) is 0 Å². The molecule has 2 aromatic heterocycles. The molecular formula is C34H35FN4O5. The molecule has 2 aromatic carbocycles. The summed E-state index contributed by atoms with van der Waals surface area (Å²) < 4.78 is 33.6. The SMILES string of the molecule is O=COc1ccc2nc(CC3CCN(c4cccc(OCc5ccc(C(=O)C6CC6)cc5F)n4)CC3)n(C[C@@H]3CCO3)c2c1. The number of fused-ring (bicyclic) bond motifs is 1. The number of aromatic nitrogens is 3. The standard InChI is InChI=1S/C34H35FN4O5/c35-28-17-24(34(41)23-4-5-23)6-7-25(28)20-43-33-3-1-2-31(37-33)38-13-10-22(11-14-38)16-32-36-29-9-8-26(44-21-40)18-30(29)39(32)19-27-12-15-42-27/h1-3,6-9,17-18,21-23,27H,4-5,10-16,19-20H2/t27-/m0/s1. The van der Waals surface area contributed by atoms with Crippen LogP contribution in [0.3, 0.4) is 0 Å². The van der Waals surface area contributed by atoms with Crippen molar-refractivity contribution in [3.05, 3.63) is 77.4 Å². The number of carbonyl (C=O) groups excluding carboxylic acids is 2. The number of imidazole rings is 1. The molecule has 0 N–H and O–H groups in total. The second-order valence-corrected chi connectivity index (χ2v) is 12.0. The van der Waals surface area contributed by atoms with E-state index in [1.165, 1.54) is 6.07 Å². The van der Waals surface area contributed by atoms with Crippen LogP contribution < -0.4 is 14.4 Å². The quantitative estimate of drug-likeness (QED) is 0.155. The Morgan fingerprint density at radius 1 is 1.02 bits per heavy atom. The molecule has 44 heavy (non-hydrogen) atoms. The summed E-state index contributed by atoms with van der Waals surface area (Å²) in [4.78, 5) is 35.1. The Morgan fingerprint density at radius 2 is 1.86 bits per heavy atom. The van der Waals surface area contributed by atoms with Crippen LogP contribution in [0.15, 0.2) is 54.6 Å². The molecule has 0 bridgehead atoms. The van der Waals surface area contributed by atoms with Gasteiger partial charge in [-0.05, 0) is 62.3 Å². The number of carbonyl (C=O) groups is 2. The number of nitrogens with zero attached hydrogens (tertiary/aromatic N) is 4. The van der Waals surface area contributed by atoms with Gasteiger partial charge in [0.15, 0.2) is 5.78 Å². The number of piperidine rings is 1. The zero-order valence-corrected chi connectivity index (χ0v) is 24.5. The number of Topliss-reactive ketones (excluding diaryl/α,β-unsaturated/α-hetero) is 1. The number of halogens is 1. The van der Waals surface area contributed by atoms with Crippen LogP contribution in [-0.2, 0) is 29.1 Å². The number of pyridine rings is 1. The average Bonchev–Trinajstić information content (AvgIpc) is 3.82. The maximum absolute atomic E-state index is 14.7. The van der Waals surface area contributed by atoms with Gasteiger partial charge >= 0.3 is 0 Å². The molecule has 228 valence electrons. The Hall–Kier alpha value is -4.31. The van der Waals surface area contributed by atoms with Crippen molar-refractivity contribution in [2.24, 2.45) is 11.8 Å². The highest BCUT2D eigenvalue weighted by Gasteiger charge is 2.31. The minimum atomic E-state index is -0.432. The van der Waals surface area contributed by atoms with E-state index < -0.39 is 5.82 Å². The third-order valence-electron chi connectivity index (χ3n) is 8.94. The Labute approximate surface area is 254 Å². The summed E-state index contributed by atoms with van der Waals surface area (Å²) in [6.45, 7) is 3.72. The number of hydrogen-bond donors (Lipinski definition) is 0. The molecule has 1 aliphatic carbocycles. The molecule has 9 nitrogen and oxygen atoms in total. The first kappa shape index (κ1) is 28.5. The van der Waals surface area contributed by atoms with Gasteiger partial charge in [-0.2, -0.15) is 4.98 Å². The largest absolute Gasteiger partial charge is 0.473 e. The van der Waals surface area contributed by atoms with E-state index in [0.29, 0.717) is 35.1 Å². The van der Waals surface area contributed by atoms with Gasteiger partial charge in [-0.3, -0.25) is 9.59 Å². The van der Waals surface area contributed by atoms with Crippen molar-refractivity contribution in [3.63, 3.8) is 0 Å². The van der Waals surface area contributed by atoms with Crippen molar-refractivity contribution in [3.8, 4) is 11.6 Å². The van der Waals surface area contributed by atoms with E-state index in [2.05, 4.69) is 9.47 Å². The van der Waals surface area contributed by atoms with Gasteiger partial charge in [-0.1, -0.05) is 18.2 Å². The van der Waals surface area contributed by atoms with E-state index in [1.807, 2.05) is 24.3 Å². The van der Waals surface area contributed by atoms with Crippen LogP contribution in [0.4, 0.5) is 10.2 Å². The summed E-state index contributed by atoms with van der Waals surface area (Å²) >= 11 is 0. The molecule has 7 rings (SSSR count). The molecule has 10 heteroatoms. The molecular weight excluding hydrogens is 563 g/mol. The smallest absolute Gasteiger partial charge is 0.298 e. The molecule has 1 saturated carbocycles. The van der Waals surface area contributed by atoms with Crippen LogP contribution in [0.5, 0.6) is 11.6 Å². The van der Waals surface area contributed by atoms with E-state index in [1.54, 1.807) is 24.3 Å². The lowest BCUT2D eigenvalue weighted by molar-refractivity contribution is -0.120. The first-order chi connectivity index (χ1) is 21.5. The lowest BCUT2D eigenvalue weighted by Crippen LogP contribution is -2.35. The molecule has 0 radical (unpaired) electrons. The van der Waals surface area contributed by atoms with E-state index in [-0.39, 0.29) is 24.4 Å². The fourth-order valence-corrected chi connectivity index (χ4v) is 6.11. The monoisotopic (exact) mass is 598 g/mol. The molecule has 2 aliphatic heterocycles. The van der Waals surface area contributed by atoms with Gasteiger partial charge in [0.25, 0.3) is 6.47 Å². The topological polar surface area (TPSA) is 95.8 Å². The predicted molar refractivity (Wildman–Crippen MR) is 161 cm³/mol. The van der Waals surface area contributed by atoms with Crippen molar-refractivity contribution in [2.45, 2.75) is 57.8 Å². The van der Waals surface area contributed by atoms with Gasteiger partial charge < -0.3 is 23.7 Å². The normalized spacial score (nSPS) is 18.7. The fourth-order valence-electron chi connectivity index (χ4n) is 6.11. The Balaban J connectivity index is 0.974. The second-order valence-electron chi connectivity index (χ2n) is 12.0. The highest BCUT2D eigenvalue weighted by Crippen LogP contribution is 2.33. The summed E-state index contributed by atoms with van der Waals surface area (Å²) in [5.74, 6) is 2.92. The van der Waals surface area contributed by atoms with E-state index in [0.717, 1.165) is 87.4 Å². The molecule has 3 aliphatic rings. The molecule has 4 aromatic rings. The Kier molecular flexibility index (Phi) is 7.99. The molecule has 1 atom stereocenters. The second kappa shape index (κ2) is 12.4. The van der Waals surface area contributed by atoms with Gasteiger partial charge in [-0.25, -0.2) is 9.37 Å². The number of rotatable bonds is 12. The van der Waals surface area contributed by atoms with Crippen LogP contribution in [0, 0.1) is 17.7 Å². The maximum Gasteiger partial charge on any atom is 0.298 e. The molecule has 0 spiro atoms. The van der Waals surface area contributed by atoms with Crippen molar-refractivity contribution in [1.82, 2.24) is 14.5 Å². The van der Waals surface area contributed by atoms with Gasteiger partial charge in [0.05, 0.1) is 23.7 Å². The van der Waals surface area contributed by atoms with Gasteiger partial charge in [-0.15, -0.1) is 0 Å². The summed E-state index contributed by atoms with van der Waals surface area (Å²) in [5.41, 5.74) is 2.67. The van der Waals surface area contributed by atoms with Gasteiger partial charge in [0.1, 0.15) is 29.8 Å². The Morgan fingerprint density at radius 3 is 2.59 bits per heavy atom. The van der Waals surface area contributed by atoms with Crippen molar-refractivity contribution in [1.29, 1.82) is 0 Å². The number of hydrogen-bond acceptors (Lipinski definition) is 8. The average molecular weight is 599 g/mol. The first-order valence-electron chi connectivity index (χ1n) is 15.4. The summed E-state index contributed by atoms with van der Waals surface area (Å²) in [6.07, 6.45) is 5.83. The third-order valence-corrected chi connectivity index (χ3v) is 8.94. The predicted octanol–water partition coefficient (Wildman–Crippen LogP) is 5.53. The van der Waals surface area contributed by atoms with Crippen molar-refractivity contribution >= 4 is 29.1 Å². The number of ether oxygens (including phenoxy) is 3. The van der Waals surface area contributed by atoms with Crippen LogP contribution in [-0.4, -0.2) is 52.6 Å². The van der Waals surface area contributed by atoms with Crippen LogP contribution in [0.25, 0.3) is 11.0 Å². The zero-order valence-electron chi connectivity index (χ0n) is 24.5. The highest BCUT2D eigenvalue weighted by atomic mass is 19.1. The van der Waals surface area contributed by atoms with Crippen molar-refractivity contribution in [2.75, 3.05) is 24.6 Å². The number of benzene rings is 2. The summed E-state index contributed by atoms with van der Waals surface area (Å²) in [5, 5.41) is 0. The van der Waals surface area contributed by atoms with Gasteiger partial charge in [0, 0.05) is 55.3 Å². The minimum Gasteiger partial charge on any atom is -0.473 e. The zero-order chi connectivity index (χ0) is 30.0. The number of anilines is 1. The first-order valence-corrected chi connectivity index (χ1v) is 15.4. The van der Waals surface area contributed by atoms with Crippen LogP contribution >= 0.6 is 0 Å². The molecule has 2 saturated heterocycles. The third kappa shape index (κ3) is 6.17. The minimum absolute atomic E-state index is 0.0243. The molecule has 3 fully saturated rings. The summed E-state index contributed by atoms with van der Waals surface area (Å²) in [6, 6.07) is 15.8. The lowest BCUT2D eigenvalue weighted by Gasteiger charge is -2.33. The molecule has 0 amide bonds. The van der Waals surface area contributed by atoms with Crippen molar-refractivity contribution < 1.29 is 28.2 Å². The van der Waals surface area contributed by atoms with E-state index in [9.17, 15) is 14.0 Å². The van der Waals surface area contributed by atoms with Gasteiger partial charge in [0.2, 0.25) is 5.88 Å². The summed E-state index contributed by atoms with van der Waals surface area (Å²) in [7, 11) is 0. The van der Waals surface area contributed by atoms with Crippen LogP contribution in [0.1, 0.15) is 53.8 Å².